The van der Waals surface area contributed by atoms with Crippen LogP contribution >= 0.6 is 27.7 Å². The molecule has 144 valence electrons. The number of benzene rings is 2. The first-order valence-electron chi connectivity index (χ1n) is 8.32. The molecule has 1 amide bonds. The highest BCUT2D eigenvalue weighted by Gasteiger charge is 2.13. The molecule has 2 aromatic carbocycles. The van der Waals surface area contributed by atoms with Crippen LogP contribution in [0.2, 0.25) is 0 Å². The van der Waals surface area contributed by atoms with Gasteiger partial charge in [0.15, 0.2) is 5.16 Å². The second-order valence-electron chi connectivity index (χ2n) is 6.13. The van der Waals surface area contributed by atoms with Crippen LogP contribution in [0.4, 0.5) is 11.4 Å². The summed E-state index contributed by atoms with van der Waals surface area (Å²) in [7, 11) is 0. The summed E-state index contributed by atoms with van der Waals surface area (Å²) in [4.78, 5) is 27.0. The van der Waals surface area contributed by atoms with E-state index < -0.39 is 4.92 Å². The van der Waals surface area contributed by atoms with Crippen molar-refractivity contribution in [2.24, 2.45) is 0 Å². The fourth-order valence-corrected chi connectivity index (χ4v) is 3.92. The van der Waals surface area contributed by atoms with Gasteiger partial charge in [-0.05, 0) is 47.5 Å². The number of carbonyl (C=O) groups excluding carboxylic acids is 1. The predicted molar refractivity (Wildman–Crippen MR) is 113 cm³/mol. The minimum Gasteiger partial charge on any atom is -0.324 e. The lowest BCUT2D eigenvalue weighted by Crippen LogP contribution is -2.15. The first-order chi connectivity index (χ1) is 13.3. The van der Waals surface area contributed by atoms with Gasteiger partial charge < -0.3 is 5.32 Å². The normalized spacial score (nSPS) is 10.7. The molecular formula is C19H17BrN4O3S. The number of imidazole rings is 1. The topological polar surface area (TPSA) is 90.1 Å². The molecule has 0 spiro atoms. The van der Waals surface area contributed by atoms with Crippen molar-refractivity contribution >= 4 is 45.0 Å². The van der Waals surface area contributed by atoms with Gasteiger partial charge in [0.25, 0.3) is 5.69 Å². The number of amides is 1. The van der Waals surface area contributed by atoms with Crippen LogP contribution in [0.1, 0.15) is 11.1 Å². The van der Waals surface area contributed by atoms with Crippen LogP contribution < -0.4 is 5.32 Å². The van der Waals surface area contributed by atoms with E-state index in [1.165, 1.54) is 35.5 Å². The van der Waals surface area contributed by atoms with Gasteiger partial charge in [-0.2, -0.15) is 0 Å². The largest absolute Gasteiger partial charge is 0.324 e. The Morgan fingerprint density at radius 2 is 2.07 bits per heavy atom. The summed E-state index contributed by atoms with van der Waals surface area (Å²) in [5, 5.41) is 14.3. The monoisotopic (exact) mass is 460 g/mol. The quantitative estimate of drug-likeness (QED) is 0.321. The number of thioether (sulfide) groups is 1. The maximum Gasteiger partial charge on any atom is 0.270 e. The van der Waals surface area contributed by atoms with E-state index in [0.29, 0.717) is 15.3 Å². The molecule has 3 aromatic rings. The van der Waals surface area contributed by atoms with Gasteiger partial charge in [-0.15, -0.1) is 0 Å². The molecule has 28 heavy (non-hydrogen) atoms. The van der Waals surface area contributed by atoms with Crippen molar-refractivity contribution < 1.29 is 9.72 Å². The van der Waals surface area contributed by atoms with Crippen LogP contribution in [0.15, 0.2) is 58.4 Å². The lowest BCUT2D eigenvalue weighted by molar-refractivity contribution is -0.384. The highest BCUT2D eigenvalue weighted by molar-refractivity contribution is 9.10. The molecular weight excluding hydrogens is 444 g/mol. The van der Waals surface area contributed by atoms with Gasteiger partial charge in [0.2, 0.25) is 5.91 Å². The van der Waals surface area contributed by atoms with Crippen molar-refractivity contribution in [3.8, 4) is 5.69 Å². The molecule has 1 heterocycles. The van der Waals surface area contributed by atoms with Crippen molar-refractivity contribution in [3.05, 3.63) is 74.5 Å². The number of nitrogens with zero attached hydrogens (tertiary/aromatic N) is 3. The molecule has 0 bridgehead atoms. The number of halogens is 1. The maximum absolute atomic E-state index is 12.3. The second-order valence-corrected chi connectivity index (χ2v) is 7.92. The number of carbonyl (C=O) groups is 1. The summed E-state index contributed by atoms with van der Waals surface area (Å²) >= 11 is 4.57. The van der Waals surface area contributed by atoms with Crippen molar-refractivity contribution in [1.29, 1.82) is 0 Å². The van der Waals surface area contributed by atoms with Crippen LogP contribution in [0, 0.1) is 24.0 Å². The molecule has 1 N–H and O–H groups in total. The summed E-state index contributed by atoms with van der Waals surface area (Å²) < 4.78 is 2.41. The summed E-state index contributed by atoms with van der Waals surface area (Å²) in [5.41, 5.74) is 3.76. The predicted octanol–water partition coefficient (Wildman–Crippen LogP) is 4.89. The van der Waals surface area contributed by atoms with Crippen LogP contribution in [0.5, 0.6) is 0 Å². The Hall–Kier alpha value is -2.65. The molecule has 9 heteroatoms. The number of aryl methyl sites for hydroxylation is 2. The van der Waals surface area contributed by atoms with Crippen molar-refractivity contribution in [2.75, 3.05) is 11.1 Å². The number of aromatic nitrogens is 2. The average Bonchev–Trinajstić information content (AvgIpc) is 3.10. The van der Waals surface area contributed by atoms with Gasteiger partial charge in [0, 0.05) is 29.0 Å². The number of nitro benzene ring substituents is 1. The molecule has 0 saturated heterocycles. The van der Waals surface area contributed by atoms with Gasteiger partial charge in [-0.3, -0.25) is 19.5 Å². The van der Waals surface area contributed by atoms with E-state index in [1.807, 2.05) is 36.7 Å². The molecule has 7 nitrogen and oxygen atoms in total. The third kappa shape index (κ3) is 4.60. The summed E-state index contributed by atoms with van der Waals surface area (Å²) in [6.07, 6.45) is 3.57. The SMILES string of the molecule is Cc1ccc(-n2ccnc2SCC(=O)Nc2ccc([N+](=O)[O-])cc2Br)c(C)c1. The van der Waals surface area contributed by atoms with Crippen LogP contribution in [0.25, 0.3) is 5.69 Å². The Morgan fingerprint density at radius 3 is 2.75 bits per heavy atom. The van der Waals surface area contributed by atoms with E-state index in [9.17, 15) is 14.9 Å². The molecule has 0 aliphatic heterocycles. The van der Waals surface area contributed by atoms with E-state index in [0.717, 1.165) is 11.3 Å². The maximum atomic E-state index is 12.3. The number of hydrogen-bond donors (Lipinski definition) is 1. The van der Waals surface area contributed by atoms with Gasteiger partial charge in [0.1, 0.15) is 0 Å². The molecule has 0 radical (unpaired) electrons. The molecule has 0 aliphatic carbocycles. The van der Waals surface area contributed by atoms with E-state index in [1.54, 1.807) is 6.20 Å². The van der Waals surface area contributed by atoms with Gasteiger partial charge in [0.05, 0.1) is 22.1 Å². The zero-order valence-corrected chi connectivity index (χ0v) is 17.6. The zero-order valence-electron chi connectivity index (χ0n) is 15.2. The van der Waals surface area contributed by atoms with E-state index in [2.05, 4.69) is 32.3 Å². The Kier molecular flexibility index (Phi) is 6.15. The Labute approximate surface area is 174 Å². The number of rotatable bonds is 6. The summed E-state index contributed by atoms with van der Waals surface area (Å²) in [6.45, 7) is 4.08. The fraction of sp³-hybridized carbons (Fsp3) is 0.158. The number of non-ortho nitro benzene ring substituents is 1. The number of nitrogens with one attached hydrogen (secondary N) is 1. The van der Waals surface area contributed by atoms with Gasteiger partial charge >= 0.3 is 0 Å². The third-order valence-electron chi connectivity index (χ3n) is 3.99. The molecule has 0 fully saturated rings. The minimum atomic E-state index is -0.487. The molecule has 3 rings (SSSR count). The van der Waals surface area contributed by atoms with Crippen LogP contribution in [-0.2, 0) is 4.79 Å². The number of hydrogen-bond acceptors (Lipinski definition) is 5. The van der Waals surface area contributed by atoms with Crippen molar-refractivity contribution in [3.63, 3.8) is 0 Å². The minimum absolute atomic E-state index is 0.0465. The molecule has 0 aliphatic rings. The van der Waals surface area contributed by atoms with E-state index >= 15 is 0 Å². The van der Waals surface area contributed by atoms with E-state index in [-0.39, 0.29) is 17.3 Å². The van der Waals surface area contributed by atoms with E-state index in [4.69, 9.17) is 0 Å². The highest BCUT2D eigenvalue weighted by atomic mass is 79.9. The highest BCUT2D eigenvalue weighted by Crippen LogP contribution is 2.28. The van der Waals surface area contributed by atoms with Gasteiger partial charge in [-0.25, -0.2) is 4.98 Å². The lowest BCUT2D eigenvalue weighted by atomic mass is 10.1. The summed E-state index contributed by atoms with van der Waals surface area (Å²) in [5.74, 6) is -0.0690. The molecule has 1 aromatic heterocycles. The van der Waals surface area contributed by atoms with Crippen LogP contribution in [-0.4, -0.2) is 26.1 Å². The first kappa shape index (κ1) is 20.1. The molecule has 0 saturated carbocycles. The Bertz CT molecular complexity index is 1050. The fourth-order valence-electron chi connectivity index (χ4n) is 2.69. The molecule has 0 unspecified atom stereocenters. The summed E-state index contributed by atoms with van der Waals surface area (Å²) in [6, 6.07) is 10.4. The molecule has 0 atom stereocenters. The Balaban J connectivity index is 1.68. The third-order valence-corrected chi connectivity index (χ3v) is 5.61. The van der Waals surface area contributed by atoms with Crippen molar-refractivity contribution in [1.82, 2.24) is 9.55 Å². The lowest BCUT2D eigenvalue weighted by Gasteiger charge is -2.11. The second kappa shape index (κ2) is 8.57. The Morgan fingerprint density at radius 1 is 1.29 bits per heavy atom. The smallest absolute Gasteiger partial charge is 0.270 e. The zero-order chi connectivity index (χ0) is 20.3. The first-order valence-corrected chi connectivity index (χ1v) is 10.1. The number of nitro groups is 1. The van der Waals surface area contributed by atoms with Crippen LogP contribution in [0.3, 0.4) is 0 Å². The van der Waals surface area contributed by atoms with Crippen molar-refractivity contribution in [2.45, 2.75) is 19.0 Å². The standard InChI is InChI=1S/C19H17BrN4O3S/c1-12-3-6-17(13(2)9-12)23-8-7-21-19(23)28-11-18(25)22-16-5-4-14(24(26)27)10-15(16)20/h3-10H,11H2,1-2H3,(H,22,25). The number of anilines is 1. The average molecular weight is 461 g/mol. The van der Waals surface area contributed by atoms with Gasteiger partial charge in [-0.1, -0.05) is 29.5 Å².